The van der Waals surface area contributed by atoms with Crippen LogP contribution in [-0.4, -0.2) is 30.1 Å². The fourth-order valence-corrected chi connectivity index (χ4v) is 2.57. The van der Waals surface area contributed by atoms with Gasteiger partial charge in [0.05, 0.1) is 23.5 Å². The first-order valence-electron chi connectivity index (χ1n) is 7.04. The van der Waals surface area contributed by atoms with Crippen LogP contribution in [-0.2, 0) is 14.3 Å². The number of non-ortho nitro benzene ring substituents is 1. The Bertz CT molecular complexity index is 568. The lowest BCUT2D eigenvalue weighted by Crippen LogP contribution is -2.30. The van der Waals surface area contributed by atoms with Crippen LogP contribution in [0.15, 0.2) is 24.3 Å². The average molecular weight is 307 g/mol. The lowest BCUT2D eigenvalue weighted by atomic mass is 9.87. The highest BCUT2D eigenvalue weighted by Crippen LogP contribution is 2.28. The average Bonchev–Trinajstić information content (AvgIpc) is 2.54. The quantitative estimate of drug-likeness (QED) is 0.481. The highest BCUT2D eigenvalue weighted by Gasteiger charge is 2.30. The van der Waals surface area contributed by atoms with E-state index in [1.807, 2.05) is 0 Å². The maximum atomic E-state index is 12.0. The van der Waals surface area contributed by atoms with E-state index in [1.165, 1.54) is 31.4 Å². The first kappa shape index (κ1) is 15.9. The number of hydrogen-bond donors (Lipinski definition) is 0. The van der Waals surface area contributed by atoms with Crippen molar-refractivity contribution in [2.75, 3.05) is 7.11 Å². The molecule has 0 radical (unpaired) electrons. The topological polar surface area (TPSA) is 95.7 Å². The second-order valence-electron chi connectivity index (χ2n) is 5.22. The van der Waals surface area contributed by atoms with E-state index < -0.39 is 10.9 Å². The molecule has 0 N–H and O–H groups in total. The normalized spacial score (nSPS) is 21.0. The minimum absolute atomic E-state index is 0.0834. The molecule has 0 saturated heterocycles. The molecule has 1 aliphatic rings. The first-order valence-corrected chi connectivity index (χ1v) is 7.04. The molecule has 0 bridgehead atoms. The van der Waals surface area contributed by atoms with Crippen LogP contribution in [0.1, 0.15) is 36.0 Å². The van der Waals surface area contributed by atoms with Gasteiger partial charge in [-0.3, -0.25) is 14.9 Å². The smallest absolute Gasteiger partial charge is 0.338 e. The Kier molecular flexibility index (Phi) is 5.08. The molecule has 0 heterocycles. The van der Waals surface area contributed by atoms with Crippen LogP contribution in [0.3, 0.4) is 0 Å². The Morgan fingerprint density at radius 3 is 2.50 bits per heavy atom. The molecule has 2 atom stereocenters. The lowest BCUT2D eigenvalue weighted by molar-refractivity contribution is -0.384. The molecule has 1 fully saturated rings. The van der Waals surface area contributed by atoms with Crippen molar-refractivity contribution >= 4 is 17.6 Å². The van der Waals surface area contributed by atoms with Gasteiger partial charge in [-0.2, -0.15) is 0 Å². The van der Waals surface area contributed by atoms with Gasteiger partial charge in [0.2, 0.25) is 0 Å². The van der Waals surface area contributed by atoms with Gasteiger partial charge in [0.15, 0.2) is 0 Å². The lowest BCUT2D eigenvalue weighted by Gasteiger charge is -2.27. The zero-order valence-electron chi connectivity index (χ0n) is 12.2. The van der Waals surface area contributed by atoms with E-state index in [-0.39, 0.29) is 29.2 Å². The maximum Gasteiger partial charge on any atom is 0.338 e. The molecule has 1 aromatic carbocycles. The Morgan fingerprint density at radius 1 is 1.23 bits per heavy atom. The van der Waals surface area contributed by atoms with Crippen molar-refractivity contribution in [1.82, 2.24) is 0 Å². The Balaban J connectivity index is 1.96. The Morgan fingerprint density at radius 2 is 1.91 bits per heavy atom. The highest BCUT2D eigenvalue weighted by molar-refractivity contribution is 5.89. The maximum absolute atomic E-state index is 12.0. The van der Waals surface area contributed by atoms with E-state index in [0.717, 1.165) is 12.8 Å². The van der Waals surface area contributed by atoms with Gasteiger partial charge in [-0.05, 0) is 37.8 Å². The monoisotopic (exact) mass is 307 g/mol. The number of benzene rings is 1. The molecule has 0 aromatic heterocycles. The molecule has 2 rings (SSSR count). The number of ether oxygens (including phenoxy) is 2. The number of nitro benzene ring substituents is 1. The minimum Gasteiger partial charge on any atom is -0.469 e. The molecule has 1 unspecified atom stereocenters. The molecule has 7 heteroatoms. The van der Waals surface area contributed by atoms with Crippen LogP contribution in [0.4, 0.5) is 5.69 Å². The van der Waals surface area contributed by atoms with Gasteiger partial charge in [0.25, 0.3) is 5.69 Å². The zero-order valence-corrected chi connectivity index (χ0v) is 12.2. The van der Waals surface area contributed by atoms with Crippen LogP contribution in [0, 0.1) is 16.0 Å². The summed E-state index contributed by atoms with van der Waals surface area (Å²) in [7, 11) is 1.34. The molecule has 1 saturated carbocycles. The van der Waals surface area contributed by atoms with E-state index in [0.29, 0.717) is 12.8 Å². The van der Waals surface area contributed by atoms with Crippen LogP contribution in [0.5, 0.6) is 0 Å². The van der Waals surface area contributed by atoms with E-state index in [4.69, 9.17) is 9.47 Å². The van der Waals surface area contributed by atoms with E-state index in [1.54, 1.807) is 0 Å². The largest absolute Gasteiger partial charge is 0.469 e. The van der Waals surface area contributed by atoms with Gasteiger partial charge in [0, 0.05) is 12.1 Å². The fourth-order valence-electron chi connectivity index (χ4n) is 2.57. The van der Waals surface area contributed by atoms with Crippen molar-refractivity contribution in [3.8, 4) is 0 Å². The molecule has 0 aliphatic heterocycles. The summed E-state index contributed by atoms with van der Waals surface area (Å²) in [5.74, 6) is -1.06. The van der Waals surface area contributed by atoms with Crippen LogP contribution in [0.2, 0.25) is 0 Å². The number of hydrogen-bond acceptors (Lipinski definition) is 6. The van der Waals surface area contributed by atoms with Crippen molar-refractivity contribution in [2.24, 2.45) is 5.92 Å². The summed E-state index contributed by atoms with van der Waals surface area (Å²) in [5, 5.41) is 10.6. The van der Waals surface area contributed by atoms with E-state index >= 15 is 0 Å². The van der Waals surface area contributed by atoms with Crippen LogP contribution in [0.25, 0.3) is 0 Å². The fraction of sp³-hybridized carbons (Fsp3) is 0.467. The van der Waals surface area contributed by atoms with Gasteiger partial charge in [-0.1, -0.05) is 0 Å². The summed E-state index contributed by atoms with van der Waals surface area (Å²) in [4.78, 5) is 33.6. The van der Waals surface area contributed by atoms with Gasteiger partial charge >= 0.3 is 11.9 Å². The number of esters is 2. The Labute approximate surface area is 127 Å². The molecular formula is C15H17NO6. The summed E-state index contributed by atoms with van der Waals surface area (Å²) < 4.78 is 10.1. The third-order valence-electron chi connectivity index (χ3n) is 3.75. The second-order valence-corrected chi connectivity index (χ2v) is 5.22. The number of nitro groups is 1. The highest BCUT2D eigenvalue weighted by atomic mass is 16.6. The second kappa shape index (κ2) is 7.02. The van der Waals surface area contributed by atoms with Crippen molar-refractivity contribution in [3.05, 3.63) is 39.9 Å². The number of methoxy groups -OCH3 is 1. The predicted molar refractivity (Wildman–Crippen MR) is 76.3 cm³/mol. The molecule has 1 aromatic rings. The van der Waals surface area contributed by atoms with E-state index in [9.17, 15) is 19.7 Å². The van der Waals surface area contributed by atoms with Crippen molar-refractivity contribution in [3.63, 3.8) is 0 Å². The van der Waals surface area contributed by atoms with Gasteiger partial charge < -0.3 is 9.47 Å². The van der Waals surface area contributed by atoms with Crippen molar-refractivity contribution in [2.45, 2.75) is 31.8 Å². The molecule has 0 amide bonds. The molecule has 1 aliphatic carbocycles. The molecular weight excluding hydrogens is 290 g/mol. The molecule has 0 spiro atoms. The number of carbonyl (C=O) groups excluding carboxylic acids is 2. The van der Waals surface area contributed by atoms with Crippen molar-refractivity contribution < 1.29 is 24.0 Å². The van der Waals surface area contributed by atoms with Crippen LogP contribution < -0.4 is 0 Å². The number of carbonyl (C=O) groups is 2. The van der Waals surface area contributed by atoms with Crippen molar-refractivity contribution in [1.29, 1.82) is 0 Å². The minimum atomic E-state index is -0.537. The first-order chi connectivity index (χ1) is 10.5. The molecule has 7 nitrogen and oxygen atoms in total. The third kappa shape index (κ3) is 3.81. The number of nitrogens with zero attached hydrogens (tertiary/aromatic N) is 1. The van der Waals surface area contributed by atoms with Gasteiger partial charge in [0.1, 0.15) is 6.10 Å². The van der Waals surface area contributed by atoms with Crippen LogP contribution >= 0.6 is 0 Å². The SMILES string of the molecule is COC(=O)C1CCC[C@H](OC(=O)c2ccc([N+](=O)[O-])cc2)C1. The van der Waals surface area contributed by atoms with E-state index in [2.05, 4.69) is 0 Å². The summed E-state index contributed by atoms with van der Waals surface area (Å²) in [6.07, 6.45) is 2.34. The van der Waals surface area contributed by atoms with Gasteiger partial charge in [-0.15, -0.1) is 0 Å². The summed E-state index contributed by atoms with van der Waals surface area (Å²) >= 11 is 0. The third-order valence-corrected chi connectivity index (χ3v) is 3.75. The predicted octanol–water partition coefficient (Wildman–Crippen LogP) is 2.48. The Hall–Kier alpha value is -2.44. The molecule has 118 valence electrons. The summed E-state index contributed by atoms with van der Waals surface area (Å²) in [5.41, 5.74) is 0.172. The summed E-state index contributed by atoms with van der Waals surface area (Å²) in [6.45, 7) is 0. The number of rotatable bonds is 4. The van der Waals surface area contributed by atoms with Gasteiger partial charge in [-0.25, -0.2) is 4.79 Å². The zero-order chi connectivity index (χ0) is 16.1. The standard InChI is InChI=1S/C15H17NO6/c1-21-14(17)11-3-2-4-13(9-11)22-15(18)10-5-7-12(8-6-10)16(19)20/h5-8,11,13H,2-4,9H2,1H3/t11?,13-/m0/s1. The summed E-state index contributed by atoms with van der Waals surface area (Å²) in [6, 6.07) is 5.24. The molecule has 22 heavy (non-hydrogen) atoms.